The molecule has 2 amide bonds. The highest BCUT2D eigenvalue weighted by molar-refractivity contribution is 8.04. The lowest BCUT2D eigenvalue weighted by Crippen LogP contribution is -2.34. The van der Waals surface area contributed by atoms with Crippen LogP contribution < -0.4 is 5.32 Å². The molecule has 0 radical (unpaired) electrons. The molecule has 1 saturated heterocycles. The molecule has 0 unspecified atom stereocenters. The SMILES string of the molecule is Cc1ccccc1C(=O)/C=C1\SCC(=O)N1CC(=O)Nc1ccccc1C(C)C. The summed E-state index contributed by atoms with van der Waals surface area (Å²) in [5.74, 6) is -0.147. The van der Waals surface area contributed by atoms with Crippen LogP contribution in [0, 0.1) is 6.92 Å². The van der Waals surface area contributed by atoms with Crippen molar-refractivity contribution in [2.75, 3.05) is 17.6 Å². The first kappa shape index (κ1) is 20.9. The zero-order valence-corrected chi connectivity index (χ0v) is 17.6. The standard InChI is InChI=1S/C23H24N2O3S/c1-15(2)17-9-6-7-11-19(17)24-21(27)13-25-22(28)14-29-23(25)12-20(26)18-10-5-4-8-16(18)3/h4-12,15H,13-14H2,1-3H3,(H,24,27)/b23-12-. The zero-order chi connectivity index (χ0) is 21.0. The molecule has 0 bridgehead atoms. The molecule has 1 aliphatic heterocycles. The minimum Gasteiger partial charge on any atom is -0.324 e. The minimum atomic E-state index is -0.289. The summed E-state index contributed by atoms with van der Waals surface area (Å²) in [4.78, 5) is 38.9. The van der Waals surface area contributed by atoms with Gasteiger partial charge in [-0.2, -0.15) is 0 Å². The molecule has 1 heterocycles. The van der Waals surface area contributed by atoms with E-state index in [1.807, 2.05) is 49.4 Å². The molecular formula is C23H24N2O3S. The molecule has 1 N–H and O–H groups in total. The highest BCUT2D eigenvalue weighted by atomic mass is 32.2. The Labute approximate surface area is 175 Å². The van der Waals surface area contributed by atoms with Gasteiger partial charge in [0.2, 0.25) is 11.8 Å². The number of carbonyl (C=O) groups is 3. The smallest absolute Gasteiger partial charge is 0.244 e. The van der Waals surface area contributed by atoms with Crippen molar-refractivity contribution in [2.45, 2.75) is 26.7 Å². The predicted octanol–water partition coefficient (Wildman–Crippen LogP) is 4.36. The van der Waals surface area contributed by atoms with Gasteiger partial charge >= 0.3 is 0 Å². The van der Waals surface area contributed by atoms with Crippen LogP contribution in [0.2, 0.25) is 0 Å². The number of amides is 2. The lowest BCUT2D eigenvalue weighted by molar-refractivity contribution is -0.129. The number of hydrogen-bond acceptors (Lipinski definition) is 4. The second-order valence-electron chi connectivity index (χ2n) is 7.22. The number of nitrogens with one attached hydrogen (secondary N) is 1. The number of anilines is 1. The van der Waals surface area contributed by atoms with Crippen LogP contribution in [0.15, 0.2) is 59.6 Å². The van der Waals surface area contributed by atoms with Crippen molar-refractivity contribution >= 4 is 35.0 Å². The van der Waals surface area contributed by atoms with Crippen molar-refractivity contribution in [3.63, 3.8) is 0 Å². The van der Waals surface area contributed by atoms with E-state index in [9.17, 15) is 14.4 Å². The van der Waals surface area contributed by atoms with E-state index in [-0.39, 0.29) is 35.8 Å². The molecule has 0 atom stereocenters. The van der Waals surface area contributed by atoms with Gasteiger partial charge in [0.1, 0.15) is 6.54 Å². The third-order valence-corrected chi connectivity index (χ3v) is 5.76. The fourth-order valence-electron chi connectivity index (χ4n) is 3.19. The summed E-state index contributed by atoms with van der Waals surface area (Å²) in [7, 11) is 0. The number of rotatable bonds is 6. The first-order chi connectivity index (χ1) is 13.9. The van der Waals surface area contributed by atoms with Crippen molar-refractivity contribution in [1.29, 1.82) is 0 Å². The summed E-state index contributed by atoms with van der Waals surface area (Å²) >= 11 is 1.28. The molecule has 0 aliphatic carbocycles. The number of para-hydroxylation sites is 1. The monoisotopic (exact) mass is 408 g/mol. The van der Waals surface area contributed by atoms with Crippen LogP contribution in [0.25, 0.3) is 0 Å². The van der Waals surface area contributed by atoms with E-state index >= 15 is 0 Å². The summed E-state index contributed by atoms with van der Waals surface area (Å²) in [6, 6.07) is 14.9. The molecule has 150 valence electrons. The van der Waals surface area contributed by atoms with E-state index in [2.05, 4.69) is 19.2 Å². The summed E-state index contributed by atoms with van der Waals surface area (Å²) in [6.45, 7) is 5.87. The van der Waals surface area contributed by atoms with Crippen LogP contribution in [-0.2, 0) is 9.59 Å². The molecule has 29 heavy (non-hydrogen) atoms. The molecule has 1 fully saturated rings. The molecule has 3 rings (SSSR count). The van der Waals surface area contributed by atoms with E-state index in [4.69, 9.17) is 0 Å². The van der Waals surface area contributed by atoms with Gasteiger partial charge < -0.3 is 5.32 Å². The summed E-state index contributed by atoms with van der Waals surface area (Å²) in [5, 5.41) is 3.41. The van der Waals surface area contributed by atoms with Crippen LogP contribution in [0.5, 0.6) is 0 Å². The van der Waals surface area contributed by atoms with Crippen molar-refractivity contribution in [2.24, 2.45) is 0 Å². The van der Waals surface area contributed by atoms with Crippen molar-refractivity contribution < 1.29 is 14.4 Å². The van der Waals surface area contributed by atoms with Gasteiger partial charge in [-0.15, -0.1) is 0 Å². The lowest BCUT2D eigenvalue weighted by Gasteiger charge is -2.18. The molecule has 0 saturated carbocycles. The Kier molecular flexibility index (Phi) is 6.54. The number of allylic oxidation sites excluding steroid dienone is 1. The number of ketones is 1. The summed E-state index contributed by atoms with van der Waals surface area (Å²) in [5.41, 5.74) is 3.25. The molecule has 5 nitrogen and oxygen atoms in total. The molecule has 0 spiro atoms. The van der Waals surface area contributed by atoms with Gasteiger partial charge in [-0.1, -0.05) is 68.1 Å². The fraction of sp³-hybridized carbons (Fsp3) is 0.261. The Morgan fingerprint density at radius 2 is 1.83 bits per heavy atom. The number of hydrogen-bond donors (Lipinski definition) is 1. The maximum Gasteiger partial charge on any atom is 0.244 e. The average molecular weight is 409 g/mol. The topological polar surface area (TPSA) is 66.5 Å². The third-order valence-electron chi connectivity index (χ3n) is 4.73. The Morgan fingerprint density at radius 3 is 2.55 bits per heavy atom. The predicted molar refractivity (Wildman–Crippen MR) is 117 cm³/mol. The molecule has 1 aliphatic rings. The Bertz CT molecular complexity index is 982. The van der Waals surface area contributed by atoms with Crippen LogP contribution >= 0.6 is 11.8 Å². The lowest BCUT2D eigenvalue weighted by atomic mass is 10.0. The van der Waals surface area contributed by atoms with Gasteiger partial charge in [0.25, 0.3) is 0 Å². The fourth-order valence-corrected chi connectivity index (χ4v) is 4.13. The maximum atomic E-state index is 12.6. The number of thioether (sulfide) groups is 1. The van der Waals surface area contributed by atoms with E-state index in [1.165, 1.54) is 22.7 Å². The normalized spacial score (nSPS) is 15.2. The maximum absolute atomic E-state index is 12.6. The van der Waals surface area contributed by atoms with E-state index in [1.54, 1.807) is 6.07 Å². The Morgan fingerprint density at radius 1 is 1.14 bits per heavy atom. The van der Waals surface area contributed by atoms with Crippen LogP contribution in [-0.4, -0.2) is 34.8 Å². The second kappa shape index (κ2) is 9.09. The van der Waals surface area contributed by atoms with E-state index < -0.39 is 0 Å². The molecule has 2 aromatic rings. The second-order valence-corrected chi connectivity index (χ2v) is 8.22. The van der Waals surface area contributed by atoms with Gasteiger partial charge in [0.15, 0.2) is 5.78 Å². The van der Waals surface area contributed by atoms with Crippen LogP contribution in [0.1, 0.15) is 41.3 Å². The Hall–Kier alpha value is -2.86. The first-order valence-corrected chi connectivity index (χ1v) is 10.5. The largest absolute Gasteiger partial charge is 0.324 e. The third kappa shape index (κ3) is 4.95. The van der Waals surface area contributed by atoms with Gasteiger partial charge in [-0.3, -0.25) is 19.3 Å². The molecule has 0 aromatic heterocycles. The highest BCUT2D eigenvalue weighted by Crippen LogP contribution is 2.30. The number of carbonyl (C=O) groups excluding carboxylic acids is 3. The van der Waals surface area contributed by atoms with Crippen molar-refractivity contribution in [3.05, 3.63) is 76.3 Å². The van der Waals surface area contributed by atoms with Gasteiger partial charge in [-0.05, 0) is 30.0 Å². The van der Waals surface area contributed by atoms with Gasteiger partial charge in [0.05, 0.1) is 10.8 Å². The van der Waals surface area contributed by atoms with Crippen LogP contribution in [0.4, 0.5) is 5.69 Å². The number of benzene rings is 2. The molecule has 6 heteroatoms. The molecular weight excluding hydrogens is 384 g/mol. The summed E-state index contributed by atoms with van der Waals surface area (Å²) in [6.07, 6.45) is 1.45. The van der Waals surface area contributed by atoms with Gasteiger partial charge in [-0.25, -0.2) is 0 Å². The number of nitrogens with zero attached hydrogens (tertiary/aromatic N) is 1. The van der Waals surface area contributed by atoms with E-state index in [0.717, 1.165) is 16.8 Å². The summed E-state index contributed by atoms with van der Waals surface area (Å²) < 4.78 is 0. The van der Waals surface area contributed by atoms with Gasteiger partial charge in [0, 0.05) is 17.3 Å². The average Bonchev–Trinajstić information content (AvgIpc) is 3.01. The number of aryl methyl sites for hydroxylation is 1. The first-order valence-electron chi connectivity index (χ1n) is 9.50. The van der Waals surface area contributed by atoms with Crippen molar-refractivity contribution in [1.82, 2.24) is 4.90 Å². The van der Waals surface area contributed by atoms with E-state index in [0.29, 0.717) is 10.6 Å². The minimum absolute atomic E-state index is 0.120. The Balaban J connectivity index is 1.75. The highest BCUT2D eigenvalue weighted by Gasteiger charge is 2.29. The van der Waals surface area contributed by atoms with Crippen LogP contribution in [0.3, 0.4) is 0 Å². The molecule has 2 aromatic carbocycles. The zero-order valence-electron chi connectivity index (χ0n) is 16.8. The van der Waals surface area contributed by atoms with Crippen molar-refractivity contribution in [3.8, 4) is 0 Å². The quantitative estimate of drug-likeness (QED) is 0.570.